The lowest BCUT2D eigenvalue weighted by Gasteiger charge is -2.46. The molecule has 1 aliphatic heterocycles. The van der Waals surface area contributed by atoms with Crippen LogP contribution in [0, 0.1) is 37.9 Å². The number of hydrogen-bond acceptors (Lipinski definition) is 4. The Bertz CT molecular complexity index is 1730. The number of likely N-dealkylation sites (tertiary alicyclic amines) is 1. The number of hydrogen-bond donors (Lipinski definition) is 2. The summed E-state index contributed by atoms with van der Waals surface area (Å²) in [7, 11) is 0. The Labute approximate surface area is 285 Å². The summed E-state index contributed by atoms with van der Waals surface area (Å²) in [5, 5.41) is 8.68. The number of benzene rings is 2. The molecule has 2 aromatic carbocycles. The van der Waals surface area contributed by atoms with E-state index in [0.717, 1.165) is 39.9 Å². The van der Waals surface area contributed by atoms with Crippen LogP contribution in [0.25, 0.3) is 17.2 Å². The van der Waals surface area contributed by atoms with Gasteiger partial charge in [0.25, 0.3) is 5.56 Å². The summed E-state index contributed by atoms with van der Waals surface area (Å²) < 4.78 is 55.5. The predicted molar refractivity (Wildman–Crippen MR) is 185 cm³/mol. The molecular formula is C38H47F4N3O4. The summed E-state index contributed by atoms with van der Waals surface area (Å²) in [4.78, 5) is 36.8. The number of carbonyl (C=O) groups excluding carboxylic acids is 1. The Morgan fingerprint density at radius 3 is 2.16 bits per heavy atom. The van der Waals surface area contributed by atoms with Gasteiger partial charge in [-0.25, -0.2) is 4.39 Å². The van der Waals surface area contributed by atoms with Gasteiger partial charge in [0.15, 0.2) is 0 Å². The number of nitrogens with two attached hydrogens (primary N) is 1. The molecule has 1 unspecified atom stereocenters. The fourth-order valence-corrected chi connectivity index (χ4v) is 6.33. The molecule has 7 nitrogen and oxygen atoms in total. The first-order valence-electron chi connectivity index (χ1n) is 16.3. The third kappa shape index (κ3) is 10.6. The minimum absolute atomic E-state index is 0.0156. The third-order valence-electron chi connectivity index (χ3n) is 8.47. The number of nitrogens with zero attached hydrogens (tertiary/aromatic N) is 2. The van der Waals surface area contributed by atoms with E-state index in [1.165, 1.54) is 18.3 Å². The van der Waals surface area contributed by atoms with Gasteiger partial charge in [-0.2, -0.15) is 13.2 Å². The fourth-order valence-electron chi connectivity index (χ4n) is 6.33. The number of carbonyl (C=O) groups is 2. The van der Waals surface area contributed by atoms with Crippen LogP contribution < -0.4 is 11.3 Å². The number of aromatic nitrogens is 1. The molecule has 3 N–H and O–H groups in total. The average molecular weight is 686 g/mol. The highest BCUT2D eigenvalue weighted by atomic mass is 19.4. The smallest absolute Gasteiger partial charge is 0.416 e. The maximum Gasteiger partial charge on any atom is 0.416 e. The standard InChI is InChI=1S/C19H28F3N3O2.C19H19FO2/c1-12(2)7-15(17(23)27)25-9-13(5-6-24-10-18(3,4)11-24)14(8-16(25)26)19(20,21)22;1-12-6-4-7-13(2)18(12)16-10-14(3)19(20)15(11-16)8-5-9-17(21)22/h8-9,12,15H,5-7,10-11H2,1-4H3,(H2,23,27);4-8,10-11H,9H2,1-3H3,(H,21,22). The SMILES string of the molecule is CC(C)CC(C(N)=O)n1cc(CCN2CC(C)(C)C2)c(C(F)(F)F)cc1=O.Cc1cc(-c2c(C)cccc2C)cc(C=CCC(=O)O)c1F. The van der Waals surface area contributed by atoms with Crippen molar-refractivity contribution in [3.63, 3.8) is 0 Å². The minimum Gasteiger partial charge on any atom is -0.481 e. The molecule has 0 radical (unpaired) electrons. The Balaban J connectivity index is 0.000000271. The number of alkyl halides is 3. The van der Waals surface area contributed by atoms with E-state index in [2.05, 4.69) is 18.7 Å². The van der Waals surface area contributed by atoms with Gasteiger partial charge in [-0.15, -0.1) is 0 Å². The summed E-state index contributed by atoms with van der Waals surface area (Å²) in [6.07, 6.45) is -0.122. The first-order chi connectivity index (χ1) is 22.7. The van der Waals surface area contributed by atoms with Crippen LogP contribution in [0.1, 0.15) is 80.0 Å². The lowest BCUT2D eigenvalue weighted by molar-refractivity contribution is -0.138. The van der Waals surface area contributed by atoms with E-state index in [4.69, 9.17) is 10.8 Å². The van der Waals surface area contributed by atoms with E-state index >= 15 is 0 Å². The highest BCUT2D eigenvalue weighted by molar-refractivity contribution is 5.78. The van der Waals surface area contributed by atoms with Gasteiger partial charge < -0.3 is 20.3 Å². The van der Waals surface area contributed by atoms with Gasteiger partial charge in [0.2, 0.25) is 5.91 Å². The van der Waals surface area contributed by atoms with Gasteiger partial charge in [-0.3, -0.25) is 14.4 Å². The maximum atomic E-state index is 14.2. The second-order valence-corrected chi connectivity index (χ2v) is 14.1. The number of carboxylic acids is 1. The molecule has 0 spiro atoms. The first-order valence-corrected chi connectivity index (χ1v) is 16.3. The number of halogens is 4. The highest BCUT2D eigenvalue weighted by Gasteiger charge is 2.37. The third-order valence-corrected chi connectivity index (χ3v) is 8.47. The Morgan fingerprint density at radius 1 is 1.04 bits per heavy atom. The summed E-state index contributed by atoms with van der Waals surface area (Å²) in [5.74, 6) is -1.90. The predicted octanol–water partition coefficient (Wildman–Crippen LogP) is 7.73. The van der Waals surface area contributed by atoms with Crippen LogP contribution in [0.2, 0.25) is 0 Å². The molecule has 3 aromatic rings. The van der Waals surface area contributed by atoms with Crippen molar-refractivity contribution in [3.05, 3.63) is 98.2 Å². The van der Waals surface area contributed by atoms with Gasteiger partial charge >= 0.3 is 12.1 Å². The second kappa shape index (κ2) is 16.0. The van der Waals surface area contributed by atoms with E-state index in [-0.39, 0.29) is 35.6 Å². The molecule has 0 aliphatic carbocycles. The van der Waals surface area contributed by atoms with Crippen molar-refractivity contribution in [3.8, 4) is 11.1 Å². The fraction of sp³-hybridized carbons (Fsp3) is 0.447. The maximum absolute atomic E-state index is 14.2. The molecule has 1 fully saturated rings. The molecule has 1 saturated heterocycles. The highest BCUT2D eigenvalue weighted by Crippen LogP contribution is 2.34. The molecular weight excluding hydrogens is 638 g/mol. The monoisotopic (exact) mass is 685 g/mol. The molecule has 1 aromatic heterocycles. The van der Waals surface area contributed by atoms with Crippen LogP contribution in [0.3, 0.4) is 0 Å². The van der Waals surface area contributed by atoms with Crippen molar-refractivity contribution >= 4 is 18.0 Å². The number of amides is 1. The lowest BCUT2D eigenvalue weighted by atomic mass is 9.84. The minimum atomic E-state index is -4.62. The molecule has 266 valence electrons. The van der Waals surface area contributed by atoms with E-state index in [9.17, 15) is 31.9 Å². The van der Waals surface area contributed by atoms with Gasteiger partial charge in [0.1, 0.15) is 11.9 Å². The summed E-state index contributed by atoms with van der Waals surface area (Å²) >= 11 is 0. The normalized spacial score (nSPS) is 15.1. The van der Waals surface area contributed by atoms with E-state index in [1.807, 2.05) is 52.0 Å². The van der Waals surface area contributed by atoms with Crippen molar-refractivity contribution in [1.82, 2.24) is 9.47 Å². The van der Waals surface area contributed by atoms with Gasteiger partial charge in [0, 0.05) is 37.5 Å². The Morgan fingerprint density at radius 2 is 1.65 bits per heavy atom. The van der Waals surface area contributed by atoms with Crippen LogP contribution in [0.5, 0.6) is 0 Å². The lowest BCUT2D eigenvalue weighted by Crippen LogP contribution is -2.53. The van der Waals surface area contributed by atoms with Crippen molar-refractivity contribution in [2.24, 2.45) is 17.1 Å². The van der Waals surface area contributed by atoms with Crippen LogP contribution in [-0.4, -0.2) is 46.1 Å². The number of carboxylic acid groups (broad SMARTS) is 1. The molecule has 0 saturated carbocycles. The zero-order valence-electron chi connectivity index (χ0n) is 29.2. The van der Waals surface area contributed by atoms with Gasteiger partial charge in [0.05, 0.1) is 12.0 Å². The van der Waals surface area contributed by atoms with Crippen LogP contribution in [0.15, 0.2) is 53.5 Å². The van der Waals surface area contributed by atoms with E-state index in [0.29, 0.717) is 30.2 Å². The van der Waals surface area contributed by atoms with E-state index in [1.54, 1.807) is 13.0 Å². The van der Waals surface area contributed by atoms with Crippen molar-refractivity contribution < 1.29 is 32.3 Å². The van der Waals surface area contributed by atoms with Gasteiger partial charge in [-0.05, 0) is 90.5 Å². The Hall–Kier alpha value is -4.25. The zero-order chi connectivity index (χ0) is 36.8. The van der Waals surface area contributed by atoms with Crippen LogP contribution in [-0.2, 0) is 22.2 Å². The molecule has 1 atom stereocenters. The molecule has 49 heavy (non-hydrogen) atoms. The second-order valence-electron chi connectivity index (χ2n) is 14.1. The van der Waals surface area contributed by atoms with Crippen molar-refractivity contribution in [2.45, 2.75) is 79.9 Å². The largest absolute Gasteiger partial charge is 0.481 e. The number of aryl methyl sites for hydroxylation is 3. The summed E-state index contributed by atoms with van der Waals surface area (Å²) in [5.41, 5.74) is 9.09. The number of primary amides is 1. The number of pyridine rings is 1. The number of rotatable bonds is 11. The first kappa shape index (κ1) is 39.2. The summed E-state index contributed by atoms with van der Waals surface area (Å²) in [6, 6.07) is 9.29. The average Bonchev–Trinajstić information content (AvgIpc) is 2.96. The molecule has 1 aliphatic rings. The van der Waals surface area contributed by atoms with Crippen molar-refractivity contribution in [2.75, 3.05) is 19.6 Å². The van der Waals surface area contributed by atoms with Crippen LogP contribution >= 0.6 is 0 Å². The molecule has 2 heterocycles. The zero-order valence-corrected chi connectivity index (χ0v) is 29.2. The molecule has 4 rings (SSSR count). The summed E-state index contributed by atoms with van der Waals surface area (Å²) in [6.45, 7) is 15.8. The van der Waals surface area contributed by atoms with Gasteiger partial charge in [-0.1, -0.05) is 58.0 Å². The molecule has 11 heteroatoms. The van der Waals surface area contributed by atoms with Crippen LogP contribution in [0.4, 0.5) is 17.6 Å². The molecule has 0 bridgehead atoms. The van der Waals surface area contributed by atoms with E-state index < -0.39 is 35.2 Å². The molecule has 1 amide bonds. The quantitative estimate of drug-likeness (QED) is 0.201. The number of aliphatic carboxylic acids is 1. The topological polar surface area (TPSA) is 106 Å². The van der Waals surface area contributed by atoms with Crippen molar-refractivity contribution in [1.29, 1.82) is 0 Å². The Kier molecular flexibility index (Phi) is 12.8.